The minimum Gasteiger partial charge on any atom is -0.467 e. The Morgan fingerprint density at radius 2 is 2.15 bits per heavy atom. The van der Waals surface area contributed by atoms with E-state index in [2.05, 4.69) is 15.9 Å². The van der Waals surface area contributed by atoms with Crippen LogP contribution in [0.5, 0.6) is 0 Å². The van der Waals surface area contributed by atoms with E-state index in [9.17, 15) is 9.59 Å². The molecule has 1 aliphatic heterocycles. The van der Waals surface area contributed by atoms with Gasteiger partial charge in [0, 0.05) is 10.9 Å². The summed E-state index contributed by atoms with van der Waals surface area (Å²) in [5.74, 6) is -0.427. The number of rotatable bonds is 2. The number of halogens is 1. The quantitative estimate of drug-likeness (QED) is 0.775. The zero-order valence-corrected chi connectivity index (χ0v) is 13.0. The Morgan fingerprint density at radius 3 is 2.80 bits per heavy atom. The summed E-state index contributed by atoms with van der Waals surface area (Å²) in [5, 5.41) is 0. The highest BCUT2D eigenvalue weighted by Crippen LogP contribution is 2.27. The molecule has 0 saturated carbocycles. The maximum absolute atomic E-state index is 12.0. The van der Waals surface area contributed by atoms with Crippen LogP contribution in [0.4, 0.5) is 4.79 Å². The molecule has 1 heterocycles. The second-order valence-corrected chi connectivity index (χ2v) is 5.40. The Morgan fingerprint density at radius 1 is 1.40 bits per heavy atom. The number of hydrogen-bond donors (Lipinski definition) is 0. The molecule has 20 heavy (non-hydrogen) atoms. The van der Waals surface area contributed by atoms with Crippen molar-refractivity contribution in [2.45, 2.75) is 25.9 Å². The molecule has 1 amide bonds. The Balaban J connectivity index is 2.32. The molecule has 0 spiro atoms. The highest BCUT2D eigenvalue weighted by Gasteiger charge is 2.36. The molecule has 0 fully saturated rings. The van der Waals surface area contributed by atoms with Crippen LogP contribution >= 0.6 is 15.9 Å². The summed E-state index contributed by atoms with van der Waals surface area (Å²) in [7, 11) is 1.32. The van der Waals surface area contributed by atoms with E-state index in [4.69, 9.17) is 9.47 Å². The van der Waals surface area contributed by atoms with Crippen molar-refractivity contribution in [1.29, 1.82) is 0 Å². The van der Waals surface area contributed by atoms with Crippen LogP contribution in [-0.2, 0) is 27.2 Å². The summed E-state index contributed by atoms with van der Waals surface area (Å²) in [6.07, 6.45) is -0.0586. The monoisotopic (exact) mass is 341 g/mol. The van der Waals surface area contributed by atoms with Gasteiger partial charge in [0.1, 0.15) is 6.04 Å². The second kappa shape index (κ2) is 6.26. The summed E-state index contributed by atoms with van der Waals surface area (Å²) in [4.78, 5) is 25.3. The van der Waals surface area contributed by atoms with Gasteiger partial charge in [0.05, 0.1) is 20.3 Å². The maximum atomic E-state index is 12.0. The Bertz CT molecular complexity index is 532. The van der Waals surface area contributed by atoms with E-state index in [0.717, 1.165) is 15.6 Å². The zero-order chi connectivity index (χ0) is 14.7. The smallest absolute Gasteiger partial charge is 0.410 e. The molecule has 1 unspecified atom stereocenters. The van der Waals surface area contributed by atoms with E-state index in [1.54, 1.807) is 6.92 Å². The first-order valence-electron chi connectivity index (χ1n) is 6.35. The standard InChI is InChI=1S/C14H16BrNO4/c1-3-20-14(18)16-8-9-4-5-11(15)6-10(9)7-12(16)13(17)19-2/h4-6,12H,3,7-8H2,1-2H3. The number of amides is 1. The third-order valence-corrected chi connectivity index (χ3v) is 3.77. The third-order valence-electron chi connectivity index (χ3n) is 3.27. The van der Waals surface area contributed by atoms with E-state index < -0.39 is 18.1 Å². The third kappa shape index (κ3) is 2.95. The molecule has 1 aromatic rings. The summed E-state index contributed by atoms with van der Waals surface area (Å²) < 4.78 is 10.8. The van der Waals surface area contributed by atoms with Gasteiger partial charge < -0.3 is 9.47 Å². The molecule has 0 bridgehead atoms. The fraction of sp³-hybridized carbons (Fsp3) is 0.429. The normalized spacial score (nSPS) is 17.4. The van der Waals surface area contributed by atoms with E-state index in [1.807, 2.05) is 18.2 Å². The van der Waals surface area contributed by atoms with Crippen LogP contribution in [0, 0.1) is 0 Å². The number of benzene rings is 1. The van der Waals surface area contributed by atoms with Crippen LogP contribution in [0.1, 0.15) is 18.1 Å². The molecule has 1 atom stereocenters. The van der Waals surface area contributed by atoms with E-state index in [-0.39, 0.29) is 6.61 Å². The SMILES string of the molecule is CCOC(=O)N1Cc2ccc(Br)cc2CC1C(=O)OC. The van der Waals surface area contributed by atoms with Crippen molar-refractivity contribution in [1.82, 2.24) is 4.90 Å². The van der Waals surface area contributed by atoms with Gasteiger partial charge in [-0.2, -0.15) is 0 Å². The highest BCUT2D eigenvalue weighted by atomic mass is 79.9. The zero-order valence-electron chi connectivity index (χ0n) is 11.4. The van der Waals surface area contributed by atoms with E-state index >= 15 is 0 Å². The van der Waals surface area contributed by atoms with Gasteiger partial charge in [-0.25, -0.2) is 9.59 Å². The molecule has 5 nitrogen and oxygen atoms in total. The molecule has 6 heteroatoms. The average Bonchev–Trinajstić information content (AvgIpc) is 2.45. The van der Waals surface area contributed by atoms with Gasteiger partial charge in [-0.3, -0.25) is 4.90 Å². The first kappa shape index (κ1) is 14.8. The molecule has 0 N–H and O–H groups in total. The lowest BCUT2D eigenvalue weighted by molar-refractivity contribution is -0.147. The number of hydrogen-bond acceptors (Lipinski definition) is 4. The molecule has 1 aliphatic rings. The molecule has 0 aliphatic carbocycles. The van der Waals surface area contributed by atoms with Crippen LogP contribution in [0.25, 0.3) is 0 Å². The molecule has 2 rings (SSSR count). The van der Waals surface area contributed by atoms with Gasteiger partial charge in [-0.15, -0.1) is 0 Å². The van der Waals surface area contributed by atoms with Crippen molar-refractivity contribution in [3.8, 4) is 0 Å². The van der Waals surface area contributed by atoms with Gasteiger partial charge >= 0.3 is 12.1 Å². The van der Waals surface area contributed by atoms with E-state index in [1.165, 1.54) is 12.0 Å². The van der Waals surface area contributed by atoms with E-state index in [0.29, 0.717) is 13.0 Å². The molecule has 1 aromatic carbocycles. The van der Waals surface area contributed by atoms with Crippen molar-refractivity contribution in [2.75, 3.05) is 13.7 Å². The number of carbonyl (C=O) groups excluding carboxylic acids is 2. The minimum absolute atomic E-state index is 0.274. The summed E-state index contributed by atoms with van der Waals surface area (Å²) in [5.41, 5.74) is 2.05. The summed E-state index contributed by atoms with van der Waals surface area (Å²) >= 11 is 3.41. The minimum atomic E-state index is -0.638. The van der Waals surface area contributed by atoms with Crippen molar-refractivity contribution >= 4 is 28.0 Å². The maximum Gasteiger partial charge on any atom is 0.410 e. The number of ether oxygens (including phenoxy) is 2. The largest absolute Gasteiger partial charge is 0.467 e. The molecular weight excluding hydrogens is 326 g/mol. The molecular formula is C14H16BrNO4. The fourth-order valence-corrected chi connectivity index (χ4v) is 2.70. The van der Waals surface area contributed by atoms with Crippen molar-refractivity contribution in [3.05, 3.63) is 33.8 Å². The number of methoxy groups -OCH3 is 1. The topological polar surface area (TPSA) is 55.8 Å². The van der Waals surface area contributed by atoms with Gasteiger partial charge in [-0.05, 0) is 30.2 Å². The van der Waals surface area contributed by atoms with Crippen LogP contribution in [0.15, 0.2) is 22.7 Å². The van der Waals surface area contributed by atoms with Gasteiger partial charge in [0.15, 0.2) is 0 Å². The van der Waals surface area contributed by atoms with Crippen LogP contribution < -0.4 is 0 Å². The Hall–Kier alpha value is -1.56. The number of esters is 1. The van der Waals surface area contributed by atoms with Crippen molar-refractivity contribution in [2.24, 2.45) is 0 Å². The lowest BCUT2D eigenvalue weighted by Gasteiger charge is -2.34. The molecule has 0 radical (unpaired) electrons. The van der Waals surface area contributed by atoms with Crippen LogP contribution in [-0.4, -0.2) is 36.7 Å². The van der Waals surface area contributed by atoms with Gasteiger partial charge in [-0.1, -0.05) is 22.0 Å². The average molecular weight is 342 g/mol. The number of fused-ring (bicyclic) bond motifs is 1. The molecule has 0 aromatic heterocycles. The van der Waals surface area contributed by atoms with Crippen molar-refractivity contribution in [3.63, 3.8) is 0 Å². The summed E-state index contributed by atoms with van der Waals surface area (Å²) in [6, 6.07) is 5.19. The van der Waals surface area contributed by atoms with Crippen LogP contribution in [0.3, 0.4) is 0 Å². The predicted molar refractivity (Wildman–Crippen MR) is 76.2 cm³/mol. The fourth-order valence-electron chi connectivity index (χ4n) is 2.30. The lowest BCUT2D eigenvalue weighted by Crippen LogP contribution is -2.49. The molecule has 108 valence electrons. The van der Waals surface area contributed by atoms with Crippen LogP contribution in [0.2, 0.25) is 0 Å². The first-order valence-corrected chi connectivity index (χ1v) is 7.14. The second-order valence-electron chi connectivity index (χ2n) is 4.48. The lowest BCUT2D eigenvalue weighted by atomic mass is 9.94. The Kier molecular flexibility index (Phi) is 4.65. The van der Waals surface area contributed by atoms with Gasteiger partial charge in [0.2, 0.25) is 0 Å². The van der Waals surface area contributed by atoms with Crippen molar-refractivity contribution < 1.29 is 19.1 Å². The number of carbonyl (C=O) groups is 2. The van der Waals surface area contributed by atoms with Gasteiger partial charge in [0.25, 0.3) is 0 Å². The first-order chi connectivity index (χ1) is 9.56. The predicted octanol–water partition coefficient (Wildman–Crippen LogP) is 2.51. The summed E-state index contributed by atoms with van der Waals surface area (Å²) in [6.45, 7) is 2.36. The highest BCUT2D eigenvalue weighted by molar-refractivity contribution is 9.10. The molecule has 0 saturated heterocycles. The Labute approximate surface area is 126 Å². The number of nitrogens with zero attached hydrogens (tertiary/aromatic N) is 1.